The lowest BCUT2D eigenvalue weighted by atomic mass is 10.1. The van der Waals surface area contributed by atoms with Crippen molar-refractivity contribution in [3.05, 3.63) is 62.8 Å². The van der Waals surface area contributed by atoms with Crippen LogP contribution in [0.15, 0.2) is 41.0 Å². The molecule has 0 radical (unpaired) electrons. The molecular formula is C16H16BrClN2O. The van der Waals surface area contributed by atoms with Crippen molar-refractivity contribution < 1.29 is 4.79 Å². The number of carbonyl (C=O) groups excluding carboxylic acids is 1. The maximum absolute atomic E-state index is 12.2. The van der Waals surface area contributed by atoms with Crippen LogP contribution in [0.1, 0.15) is 28.5 Å². The van der Waals surface area contributed by atoms with Crippen molar-refractivity contribution in [3.8, 4) is 0 Å². The monoisotopic (exact) mass is 366 g/mol. The van der Waals surface area contributed by atoms with Crippen molar-refractivity contribution in [2.75, 3.05) is 0 Å². The predicted molar refractivity (Wildman–Crippen MR) is 88.8 cm³/mol. The fourth-order valence-electron chi connectivity index (χ4n) is 2.02. The molecule has 1 amide bonds. The molecule has 1 N–H and O–H groups in total. The first kappa shape index (κ1) is 16.0. The van der Waals surface area contributed by atoms with E-state index in [-0.39, 0.29) is 11.9 Å². The molecule has 0 aliphatic rings. The first-order chi connectivity index (χ1) is 9.95. The molecule has 0 saturated heterocycles. The van der Waals surface area contributed by atoms with Crippen LogP contribution in [0, 0.1) is 6.92 Å². The first-order valence-corrected chi connectivity index (χ1v) is 7.80. The molecule has 1 heterocycles. The van der Waals surface area contributed by atoms with E-state index in [0.717, 1.165) is 16.6 Å². The summed E-state index contributed by atoms with van der Waals surface area (Å²) in [7, 11) is 0. The Kier molecular flexibility index (Phi) is 5.37. The molecule has 1 atom stereocenters. The van der Waals surface area contributed by atoms with Gasteiger partial charge in [0.2, 0.25) is 0 Å². The number of hydrogen-bond donors (Lipinski definition) is 1. The lowest BCUT2D eigenvalue weighted by Crippen LogP contribution is -2.34. The summed E-state index contributed by atoms with van der Waals surface area (Å²) in [6.45, 7) is 3.80. The zero-order valence-corrected chi connectivity index (χ0v) is 14.2. The Labute approximate surface area is 137 Å². The van der Waals surface area contributed by atoms with E-state index in [1.807, 2.05) is 38.1 Å². The third-order valence-electron chi connectivity index (χ3n) is 3.07. The number of nitrogens with zero attached hydrogens (tertiary/aromatic N) is 1. The zero-order valence-electron chi connectivity index (χ0n) is 11.9. The van der Waals surface area contributed by atoms with E-state index in [1.54, 1.807) is 6.07 Å². The maximum atomic E-state index is 12.2. The molecule has 1 aromatic carbocycles. The molecule has 110 valence electrons. The molecule has 5 heteroatoms. The Hall–Kier alpha value is -1.39. The second kappa shape index (κ2) is 7.05. The van der Waals surface area contributed by atoms with Gasteiger partial charge in [-0.2, -0.15) is 0 Å². The maximum Gasteiger partial charge on any atom is 0.254 e. The molecule has 0 saturated carbocycles. The van der Waals surface area contributed by atoms with Gasteiger partial charge in [0.25, 0.3) is 5.91 Å². The minimum absolute atomic E-state index is 0.0102. The molecule has 0 spiro atoms. The number of benzene rings is 1. The second-order valence-corrected chi connectivity index (χ2v) is 6.33. The van der Waals surface area contributed by atoms with Gasteiger partial charge in [0, 0.05) is 22.4 Å². The Morgan fingerprint density at radius 3 is 2.67 bits per heavy atom. The van der Waals surface area contributed by atoms with Crippen molar-refractivity contribution >= 4 is 33.4 Å². The molecule has 0 aliphatic carbocycles. The summed E-state index contributed by atoms with van der Waals surface area (Å²) >= 11 is 9.48. The van der Waals surface area contributed by atoms with Crippen LogP contribution < -0.4 is 5.32 Å². The molecule has 1 aromatic heterocycles. The Morgan fingerprint density at radius 1 is 1.38 bits per heavy atom. The highest BCUT2D eigenvalue weighted by Crippen LogP contribution is 2.16. The van der Waals surface area contributed by atoms with E-state index in [0.29, 0.717) is 10.6 Å². The number of amides is 1. The third-order valence-corrected chi connectivity index (χ3v) is 3.91. The quantitative estimate of drug-likeness (QED) is 0.881. The summed E-state index contributed by atoms with van der Waals surface area (Å²) in [5.74, 6) is -0.197. The van der Waals surface area contributed by atoms with Gasteiger partial charge >= 0.3 is 0 Å². The minimum atomic E-state index is -0.197. The molecule has 3 nitrogen and oxygen atoms in total. The van der Waals surface area contributed by atoms with Gasteiger partial charge in [-0.3, -0.25) is 9.78 Å². The summed E-state index contributed by atoms with van der Waals surface area (Å²) in [6, 6.07) is 9.75. The molecule has 21 heavy (non-hydrogen) atoms. The number of rotatable bonds is 4. The Bertz CT molecular complexity index is 643. The Balaban J connectivity index is 2.00. The fraction of sp³-hybridized carbons (Fsp3) is 0.250. The van der Waals surface area contributed by atoms with E-state index >= 15 is 0 Å². The molecule has 0 fully saturated rings. The summed E-state index contributed by atoms with van der Waals surface area (Å²) in [4.78, 5) is 16.3. The number of halogens is 2. The molecule has 2 aromatic rings. The molecule has 0 aliphatic heterocycles. The van der Waals surface area contributed by atoms with Gasteiger partial charge in [0.1, 0.15) is 0 Å². The van der Waals surface area contributed by atoms with Gasteiger partial charge in [-0.25, -0.2) is 0 Å². The van der Waals surface area contributed by atoms with Crippen LogP contribution in [0.3, 0.4) is 0 Å². The van der Waals surface area contributed by atoms with E-state index in [1.165, 1.54) is 11.8 Å². The average molecular weight is 368 g/mol. The van der Waals surface area contributed by atoms with Crippen LogP contribution in [-0.2, 0) is 6.42 Å². The van der Waals surface area contributed by atoms with Gasteiger partial charge in [0.15, 0.2) is 0 Å². The standard InChI is InChI=1S/C16H16BrClN2O/c1-10-8-15(18)14(9-19-10)16(21)20-11(2)7-12-3-5-13(17)6-4-12/h3-6,8-9,11H,7H2,1-2H3,(H,20,21). The topological polar surface area (TPSA) is 42.0 Å². The van der Waals surface area contributed by atoms with E-state index in [9.17, 15) is 4.79 Å². The van der Waals surface area contributed by atoms with E-state index in [4.69, 9.17) is 11.6 Å². The second-order valence-electron chi connectivity index (χ2n) is 5.01. The number of carbonyl (C=O) groups is 1. The van der Waals surface area contributed by atoms with Crippen molar-refractivity contribution in [1.82, 2.24) is 10.3 Å². The average Bonchev–Trinajstić information content (AvgIpc) is 2.41. The SMILES string of the molecule is Cc1cc(Cl)c(C(=O)NC(C)Cc2ccc(Br)cc2)cn1. The van der Waals surface area contributed by atoms with Crippen LogP contribution in [-0.4, -0.2) is 16.9 Å². The highest BCUT2D eigenvalue weighted by Gasteiger charge is 2.14. The summed E-state index contributed by atoms with van der Waals surface area (Å²) in [5.41, 5.74) is 2.36. The largest absolute Gasteiger partial charge is 0.349 e. The number of aromatic nitrogens is 1. The van der Waals surface area contributed by atoms with Gasteiger partial charge in [0.05, 0.1) is 10.6 Å². The molecular weight excluding hydrogens is 352 g/mol. The van der Waals surface area contributed by atoms with Crippen molar-refractivity contribution in [3.63, 3.8) is 0 Å². The summed E-state index contributed by atoms with van der Waals surface area (Å²) < 4.78 is 1.04. The Morgan fingerprint density at radius 2 is 2.05 bits per heavy atom. The van der Waals surface area contributed by atoms with Crippen LogP contribution in [0.5, 0.6) is 0 Å². The normalized spacial score (nSPS) is 12.0. The van der Waals surface area contributed by atoms with Gasteiger partial charge in [-0.15, -0.1) is 0 Å². The zero-order chi connectivity index (χ0) is 15.4. The third kappa shape index (κ3) is 4.55. The summed E-state index contributed by atoms with van der Waals surface area (Å²) in [5, 5.41) is 3.37. The lowest BCUT2D eigenvalue weighted by Gasteiger charge is -2.14. The van der Waals surface area contributed by atoms with Crippen LogP contribution in [0.25, 0.3) is 0 Å². The number of pyridine rings is 1. The smallest absolute Gasteiger partial charge is 0.254 e. The first-order valence-electron chi connectivity index (χ1n) is 6.63. The molecule has 2 rings (SSSR count). The van der Waals surface area contributed by atoms with Crippen molar-refractivity contribution in [1.29, 1.82) is 0 Å². The van der Waals surface area contributed by atoms with Gasteiger partial charge in [-0.05, 0) is 44.0 Å². The summed E-state index contributed by atoms with van der Waals surface area (Å²) in [6.07, 6.45) is 2.27. The van der Waals surface area contributed by atoms with Crippen molar-refractivity contribution in [2.45, 2.75) is 26.3 Å². The van der Waals surface area contributed by atoms with Crippen molar-refractivity contribution in [2.24, 2.45) is 0 Å². The molecule has 0 bridgehead atoms. The van der Waals surface area contributed by atoms with E-state index < -0.39 is 0 Å². The lowest BCUT2D eigenvalue weighted by molar-refractivity contribution is 0.0940. The number of nitrogens with one attached hydrogen (secondary N) is 1. The van der Waals surface area contributed by atoms with Crippen LogP contribution in [0.4, 0.5) is 0 Å². The predicted octanol–water partition coefficient (Wildman–Crippen LogP) is 4.17. The number of hydrogen-bond acceptors (Lipinski definition) is 2. The minimum Gasteiger partial charge on any atom is -0.349 e. The molecule has 1 unspecified atom stereocenters. The van der Waals surface area contributed by atoms with Crippen LogP contribution >= 0.6 is 27.5 Å². The van der Waals surface area contributed by atoms with Gasteiger partial charge < -0.3 is 5.32 Å². The highest BCUT2D eigenvalue weighted by atomic mass is 79.9. The highest BCUT2D eigenvalue weighted by molar-refractivity contribution is 9.10. The van der Waals surface area contributed by atoms with Gasteiger partial charge in [-0.1, -0.05) is 39.7 Å². The fourth-order valence-corrected chi connectivity index (χ4v) is 2.58. The van der Waals surface area contributed by atoms with E-state index in [2.05, 4.69) is 26.2 Å². The van der Waals surface area contributed by atoms with Crippen LogP contribution in [0.2, 0.25) is 5.02 Å². The number of aryl methyl sites for hydroxylation is 1.